The molecule has 4 heteroatoms. The molecule has 2 rings (SSSR count). The molecule has 0 amide bonds. The van der Waals surface area contributed by atoms with E-state index in [9.17, 15) is 9.90 Å². The first-order chi connectivity index (χ1) is 6.55. The van der Waals surface area contributed by atoms with Crippen LogP contribution in [0.2, 0.25) is 0 Å². The van der Waals surface area contributed by atoms with Gasteiger partial charge in [-0.3, -0.25) is 4.90 Å². The fourth-order valence-corrected chi connectivity index (χ4v) is 2.35. The summed E-state index contributed by atoms with van der Waals surface area (Å²) >= 11 is 0. The van der Waals surface area contributed by atoms with Crippen molar-refractivity contribution in [3.63, 3.8) is 0 Å². The van der Waals surface area contributed by atoms with Crippen LogP contribution in [-0.4, -0.2) is 54.7 Å². The van der Waals surface area contributed by atoms with Gasteiger partial charge in [-0.25, -0.2) is 0 Å². The molecular formula is C10H17NO3. The predicted molar refractivity (Wildman–Crippen MR) is 51.0 cm³/mol. The van der Waals surface area contributed by atoms with Crippen molar-refractivity contribution in [3.8, 4) is 0 Å². The average Bonchev–Trinajstić information content (AvgIpc) is 2.51. The molecule has 1 N–H and O–H groups in total. The molecule has 0 bridgehead atoms. The first kappa shape index (κ1) is 10.1. The second kappa shape index (κ2) is 3.29. The molecule has 0 aromatic rings. The Bertz CT molecular complexity index is 226. The van der Waals surface area contributed by atoms with E-state index in [4.69, 9.17) is 4.74 Å². The van der Waals surface area contributed by atoms with E-state index in [2.05, 4.69) is 4.90 Å². The van der Waals surface area contributed by atoms with E-state index in [0.29, 0.717) is 26.3 Å². The molecular weight excluding hydrogens is 182 g/mol. The summed E-state index contributed by atoms with van der Waals surface area (Å²) in [7, 11) is 0. The summed E-state index contributed by atoms with van der Waals surface area (Å²) in [5.74, 6) is 0. The molecule has 2 fully saturated rings. The lowest BCUT2D eigenvalue weighted by Gasteiger charge is -2.46. The van der Waals surface area contributed by atoms with Crippen molar-refractivity contribution in [3.05, 3.63) is 0 Å². The zero-order chi connectivity index (χ0) is 10.2. The molecule has 0 aliphatic carbocycles. The van der Waals surface area contributed by atoms with Crippen LogP contribution in [0.25, 0.3) is 0 Å². The highest BCUT2D eigenvalue weighted by atomic mass is 16.5. The minimum absolute atomic E-state index is 0.309. The summed E-state index contributed by atoms with van der Waals surface area (Å²) in [6.07, 6.45) is 1.84. The number of likely N-dealkylation sites (tertiary alicyclic amines) is 1. The van der Waals surface area contributed by atoms with Crippen LogP contribution in [-0.2, 0) is 9.53 Å². The van der Waals surface area contributed by atoms with Gasteiger partial charge in [-0.05, 0) is 13.3 Å². The number of nitrogens with zero attached hydrogens (tertiary/aromatic N) is 1. The van der Waals surface area contributed by atoms with Gasteiger partial charge in [0.1, 0.15) is 6.29 Å². The minimum atomic E-state index is -0.552. The first-order valence-electron chi connectivity index (χ1n) is 5.04. The van der Waals surface area contributed by atoms with Crippen molar-refractivity contribution in [2.45, 2.75) is 18.9 Å². The maximum absolute atomic E-state index is 11.0. The Morgan fingerprint density at radius 2 is 2.29 bits per heavy atom. The third kappa shape index (κ3) is 1.82. The highest BCUT2D eigenvalue weighted by molar-refractivity contribution is 5.60. The summed E-state index contributed by atoms with van der Waals surface area (Å²) in [5, 5.41) is 9.55. The van der Waals surface area contributed by atoms with Crippen LogP contribution in [0, 0.1) is 5.41 Å². The Morgan fingerprint density at radius 1 is 1.57 bits per heavy atom. The molecule has 0 radical (unpaired) electrons. The van der Waals surface area contributed by atoms with Crippen molar-refractivity contribution in [1.29, 1.82) is 0 Å². The molecule has 14 heavy (non-hydrogen) atoms. The van der Waals surface area contributed by atoms with E-state index in [1.165, 1.54) is 0 Å². The Hall–Kier alpha value is -0.450. The standard InChI is InChI=1S/C10H17NO3/c1-9(13)4-11(5-9)6-10(7-12)2-3-14-8-10/h7,13H,2-6,8H2,1H3. The van der Waals surface area contributed by atoms with Gasteiger partial charge in [0.05, 0.1) is 17.6 Å². The summed E-state index contributed by atoms with van der Waals surface area (Å²) in [6, 6.07) is 0. The lowest BCUT2D eigenvalue weighted by atomic mass is 9.85. The molecule has 0 saturated carbocycles. The van der Waals surface area contributed by atoms with Gasteiger partial charge in [-0.2, -0.15) is 0 Å². The zero-order valence-electron chi connectivity index (χ0n) is 8.53. The molecule has 0 aromatic carbocycles. The molecule has 0 aromatic heterocycles. The van der Waals surface area contributed by atoms with Crippen LogP contribution in [0.1, 0.15) is 13.3 Å². The second-order valence-electron chi connectivity index (χ2n) is 4.92. The third-order valence-electron chi connectivity index (χ3n) is 3.05. The van der Waals surface area contributed by atoms with Crippen molar-refractivity contribution in [2.24, 2.45) is 5.41 Å². The summed E-state index contributed by atoms with van der Waals surface area (Å²) < 4.78 is 5.25. The van der Waals surface area contributed by atoms with Crippen LogP contribution < -0.4 is 0 Å². The van der Waals surface area contributed by atoms with Gasteiger partial charge in [0.15, 0.2) is 0 Å². The zero-order valence-corrected chi connectivity index (χ0v) is 8.53. The van der Waals surface area contributed by atoms with E-state index in [1.807, 2.05) is 6.92 Å². The Balaban J connectivity index is 1.87. The van der Waals surface area contributed by atoms with Gasteiger partial charge in [-0.1, -0.05) is 0 Å². The van der Waals surface area contributed by atoms with Gasteiger partial charge in [-0.15, -0.1) is 0 Å². The summed E-state index contributed by atoms with van der Waals surface area (Å²) in [4.78, 5) is 13.1. The largest absolute Gasteiger partial charge is 0.388 e. The maximum atomic E-state index is 11.0. The Morgan fingerprint density at radius 3 is 2.71 bits per heavy atom. The van der Waals surface area contributed by atoms with E-state index >= 15 is 0 Å². The molecule has 1 unspecified atom stereocenters. The summed E-state index contributed by atoms with van der Waals surface area (Å²) in [5.41, 5.74) is -0.861. The molecule has 80 valence electrons. The number of rotatable bonds is 3. The van der Waals surface area contributed by atoms with Gasteiger partial charge < -0.3 is 14.6 Å². The first-order valence-corrected chi connectivity index (χ1v) is 5.04. The highest BCUT2D eigenvalue weighted by Crippen LogP contribution is 2.31. The molecule has 1 atom stereocenters. The van der Waals surface area contributed by atoms with E-state index in [1.54, 1.807) is 0 Å². The Labute approximate surface area is 83.8 Å². The quantitative estimate of drug-likeness (QED) is 0.632. The van der Waals surface area contributed by atoms with Crippen LogP contribution in [0.3, 0.4) is 0 Å². The second-order valence-corrected chi connectivity index (χ2v) is 4.92. The lowest BCUT2D eigenvalue weighted by Crippen LogP contribution is -2.62. The SMILES string of the molecule is CC1(O)CN(CC2(C=O)CCOC2)C1. The van der Waals surface area contributed by atoms with E-state index in [0.717, 1.165) is 19.3 Å². The predicted octanol–water partition coefficient (Wildman–Crippen LogP) is -0.341. The van der Waals surface area contributed by atoms with Gasteiger partial charge in [0.2, 0.25) is 0 Å². The molecule has 2 aliphatic rings. The molecule has 2 saturated heterocycles. The average molecular weight is 199 g/mol. The number of hydrogen-bond donors (Lipinski definition) is 1. The topological polar surface area (TPSA) is 49.8 Å². The van der Waals surface area contributed by atoms with Gasteiger partial charge in [0.25, 0.3) is 0 Å². The van der Waals surface area contributed by atoms with E-state index < -0.39 is 5.60 Å². The number of β-amino-alcohol motifs (C(OH)–C–C–N with tert-alkyl or cyclic N) is 1. The number of aliphatic hydroxyl groups is 1. The number of ether oxygens (including phenoxy) is 1. The number of aldehydes is 1. The summed E-state index contributed by atoms with van der Waals surface area (Å²) in [6.45, 7) is 5.11. The van der Waals surface area contributed by atoms with Crippen molar-refractivity contribution < 1.29 is 14.6 Å². The molecule has 4 nitrogen and oxygen atoms in total. The Kier molecular flexibility index (Phi) is 2.37. The number of carbonyl (C=O) groups is 1. The normalized spacial score (nSPS) is 36.7. The van der Waals surface area contributed by atoms with E-state index in [-0.39, 0.29) is 5.41 Å². The maximum Gasteiger partial charge on any atom is 0.129 e. The van der Waals surface area contributed by atoms with Crippen LogP contribution in [0.15, 0.2) is 0 Å². The van der Waals surface area contributed by atoms with Gasteiger partial charge in [0, 0.05) is 26.2 Å². The third-order valence-corrected chi connectivity index (χ3v) is 3.05. The fraction of sp³-hybridized carbons (Fsp3) is 0.900. The fourth-order valence-electron chi connectivity index (χ4n) is 2.35. The monoisotopic (exact) mass is 199 g/mol. The molecule has 2 aliphatic heterocycles. The van der Waals surface area contributed by atoms with Crippen molar-refractivity contribution in [2.75, 3.05) is 32.8 Å². The van der Waals surface area contributed by atoms with Gasteiger partial charge >= 0.3 is 0 Å². The smallest absolute Gasteiger partial charge is 0.129 e. The molecule has 2 heterocycles. The molecule has 0 spiro atoms. The van der Waals surface area contributed by atoms with Crippen LogP contribution in [0.5, 0.6) is 0 Å². The van der Waals surface area contributed by atoms with Crippen LogP contribution >= 0.6 is 0 Å². The van der Waals surface area contributed by atoms with Crippen LogP contribution in [0.4, 0.5) is 0 Å². The number of hydrogen-bond acceptors (Lipinski definition) is 4. The minimum Gasteiger partial charge on any atom is -0.388 e. The van der Waals surface area contributed by atoms with Crippen molar-refractivity contribution in [1.82, 2.24) is 4.90 Å². The van der Waals surface area contributed by atoms with Crippen molar-refractivity contribution >= 4 is 6.29 Å². The lowest BCUT2D eigenvalue weighted by molar-refractivity contribution is -0.125. The number of carbonyl (C=O) groups excluding carboxylic acids is 1. The highest BCUT2D eigenvalue weighted by Gasteiger charge is 2.43.